The zero-order valence-corrected chi connectivity index (χ0v) is 25.2. The fraction of sp³-hybridized carbons (Fsp3) is 0.500. The molecule has 1 saturated heterocycles. The smallest absolute Gasteiger partial charge is 0.229 e. The maximum atomic E-state index is 14.6. The number of piperidine rings is 1. The van der Waals surface area contributed by atoms with Crippen molar-refractivity contribution in [3.8, 4) is 0 Å². The summed E-state index contributed by atoms with van der Waals surface area (Å²) in [6.07, 6.45) is 1.20. The van der Waals surface area contributed by atoms with Crippen LogP contribution in [0, 0.1) is 5.41 Å². The summed E-state index contributed by atoms with van der Waals surface area (Å²) in [4.78, 5) is 16.4. The number of sulfone groups is 1. The largest absolute Gasteiger partial charge is 0.331 e. The van der Waals surface area contributed by atoms with Gasteiger partial charge in [-0.25, -0.2) is 8.42 Å². The van der Waals surface area contributed by atoms with Crippen molar-refractivity contribution in [1.82, 2.24) is 25.5 Å². The van der Waals surface area contributed by atoms with E-state index in [1.165, 1.54) is 0 Å². The van der Waals surface area contributed by atoms with Crippen LogP contribution in [-0.4, -0.2) is 56.4 Å². The third-order valence-electron chi connectivity index (χ3n) is 7.74. The summed E-state index contributed by atoms with van der Waals surface area (Å²) in [5.41, 5.74) is 0.928. The van der Waals surface area contributed by atoms with Gasteiger partial charge in [0.1, 0.15) is 0 Å². The molecular weight excluding hydrogens is 557 g/mol. The average Bonchev–Trinajstić information content (AvgIpc) is 3.37. The van der Waals surface area contributed by atoms with Crippen molar-refractivity contribution in [3.05, 3.63) is 75.5 Å². The number of hydrogen-bond donors (Lipinski definition) is 1. The van der Waals surface area contributed by atoms with E-state index in [2.05, 4.69) is 20.6 Å². The molecule has 1 aliphatic rings. The first-order chi connectivity index (χ1) is 18.3. The van der Waals surface area contributed by atoms with Crippen LogP contribution >= 0.6 is 23.2 Å². The van der Waals surface area contributed by atoms with E-state index < -0.39 is 32.1 Å². The lowest BCUT2D eigenvalue weighted by Crippen LogP contribution is -2.58. The number of hydrogen-bond acceptors (Lipinski definition) is 6. The molecular formula is C28H35Cl2N5O3S. The molecule has 0 spiro atoms. The summed E-state index contributed by atoms with van der Waals surface area (Å²) in [5, 5.41) is 15.6. The standard InChI is InChI=1S/C28H35Cl2N5O3S/c1-6-22(17-39(37,38)27(2,3)4)35-25(18-10-12-20(29)13-11-18)23(19-8-7-9-21(30)14-19)15-28(5,26(35)36)16-24-31-33-34-32-24/h7-14,22-23,25H,6,15-17H2,1-5H3,(H,31,32,33,34)/t22-,23+,25+,28+/m0/s1. The maximum absolute atomic E-state index is 14.6. The Hall–Kier alpha value is -2.49. The zero-order valence-electron chi connectivity index (χ0n) is 22.9. The first-order valence-corrected chi connectivity index (χ1v) is 15.4. The molecule has 4 rings (SSSR count). The number of likely N-dealkylation sites (tertiary alicyclic amines) is 1. The van der Waals surface area contributed by atoms with Gasteiger partial charge in [-0.15, -0.1) is 10.2 Å². The number of carbonyl (C=O) groups is 1. The van der Waals surface area contributed by atoms with Crippen molar-refractivity contribution in [2.45, 2.75) is 76.6 Å². The van der Waals surface area contributed by atoms with E-state index in [9.17, 15) is 13.2 Å². The van der Waals surface area contributed by atoms with Crippen LogP contribution in [-0.2, 0) is 21.1 Å². The minimum absolute atomic E-state index is 0.138. The Morgan fingerprint density at radius 2 is 1.79 bits per heavy atom. The van der Waals surface area contributed by atoms with Crippen LogP contribution in [0.3, 0.4) is 0 Å². The van der Waals surface area contributed by atoms with Crippen molar-refractivity contribution < 1.29 is 13.2 Å². The molecule has 1 amide bonds. The van der Waals surface area contributed by atoms with Gasteiger partial charge < -0.3 is 4.90 Å². The molecule has 1 N–H and O–H groups in total. The molecule has 4 atom stereocenters. The number of halogens is 2. The van der Waals surface area contributed by atoms with E-state index in [4.69, 9.17) is 23.2 Å². The number of amides is 1. The monoisotopic (exact) mass is 591 g/mol. The Kier molecular flexibility index (Phi) is 8.45. The molecule has 1 fully saturated rings. The summed E-state index contributed by atoms with van der Waals surface area (Å²) in [6, 6.07) is 14.1. The van der Waals surface area contributed by atoms with Crippen LogP contribution in [0.4, 0.5) is 0 Å². The van der Waals surface area contributed by atoms with Gasteiger partial charge in [0.25, 0.3) is 0 Å². The molecule has 2 heterocycles. The number of aromatic nitrogens is 4. The molecule has 8 nitrogen and oxygen atoms in total. The van der Waals surface area contributed by atoms with Crippen molar-refractivity contribution in [2.75, 3.05) is 5.75 Å². The summed E-state index contributed by atoms with van der Waals surface area (Å²) in [6.45, 7) is 8.91. The molecule has 2 aromatic carbocycles. The van der Waals surface area contributed by atoms with Crippen LogP contribution in [0.5, 0.6) is 0 Å². The van der Waals surface area contributed by atoms with Gasteiger partial charge in [-0.3, -0.25) is 4.79 Å². The minimum Gasteiger partial charge on any atom is -0.331 e. The van der Waals surface area contributed by atoms with Crippen LogP contribution in [0.15, 0.2) is 48.5 Å². The predicted molar refractivity (Wildman–Crippen MR) is 153 cm³/mol. The highest BCUT2D eigenvalue weighted by Crippen LogP contribution is 2.52. The second-order valence-corrected chi connectivity index (χ2v) is 15.3. The normalized spacial score (nSPS) is 23.2. The summed E-state index contributed by atoms with van der Waals surface area (Å²) >= 11 is 12.7. The Morgan fingerprint density at radius 3 is 2.36 bits per heavy atom. The van der Waals surface area contributed by atoms with Crippen molar-refractivity contribution in [3.63, 3.8) is 0 Å². The topological polar surface area (TPSA) is 109 Å². The average molecular weight is 593 g/mol. The number of rotatable bonds is 8. The van der Waals surface area contributed by atoms with E-state index in [0.717, 1.165) is 11.1 Å². The number of tetrazole rings is 1. The van der Waals surface area contributed by atoms with Crippen LogP contribution in [0.1, 0.15) is 76.4 Å². The van der Waals surface area contributed by atoms with Crippen molar-refractivity contribution in [2.24, 2.45) is 5.41 Å². The minimum atomic E-state index is -3.55. The van der Waals surface area contributed by atoms with E-state index in [1.54, 1.807) is 32.9 Å². The molecule has 0 bridgehead atoms. The molecule has 0 aliphatic carbocycles. The van der Waals surface area contributed by atoms with Crippen LogP contribution < -0.4 is 0 Å². The molecule has 1 aromatic heterocycles. The van der Waals surface area contributed by atoms with E-state index >= 15 is 0 Å². The number of nitrogens with zero attached hydrogens (tertiary/aromatic N) is 4. The van der Waals surface area contributed by atoms with Gasteiger partial charge in [-0.2, -0.15) is 5.21 Å². The first-order valence-electron chi connectivity index (χ1n) is 13.0. The van der Waals surface area contributed by atoms with E-state index in [-0.39, 0.29) is 24.0 Å². The van der Waals surface area contributed by atoms with Crippen LogP contribution in [0.2, 0.25) is 10.0 Å². The maximum Gasteiger partial charge on any atom is 0.229 e. The molecule has 11 heteroatoms. The first kappa shape index (κ1) is 29.5. The number of carbonyl (C=O) groups excluding carboxylic acids is 1. The third kappa shape index (κ3) is 6.15. The highest BCUT2D eigenvalue weighted by atomic mass is 35.5. The lowest BCUT2D eigenvalue weighted by Gasteiger charge is -2.52. The number of benzene rings is 2. The van der Waals surface area contributed by atoms with Gasteiger partial charge in [-0.1, -0.05) is 66.5 Å². The molecule has 1 aliphatic heterocycles. The zero-order chi connectivity index (χ0) is 28.6. The van der Waals surface area contributed by atoms with Gasteiger partial charge in [0.05, 0.1) is 22.0 Å². The van der Waals surface area contributed by atoms with Crippen LogP contribution in [0.25, 0.3) is 0 Å². The highest BCUT2D eigenvalue weighted by molar-refractivity contribution is 7.92. The number of H-pyrrole nitrogens is 1. The predicted octanol–water partition coefficient (Wildman–Crippen LogP) is 5.80. The fourth-order valence-corrected chi connectivity index (χ4v) is 7.18. The SMILES string of the molecule is CC[C@@H](CS(=O)(=O)C(C)(C)C)N1C(=O)[C@@](C)(Cc2nn[nH]n2)C[C@H](c2cccc(Cl)c2)[C@H]1c1ccc(Cl)cc1. The Labute approximate surface area is 240 Å². The van der Waals surface area contributed by atoms with Gasteiger partial charge in [0.2, 0.25) is 5.91 Å². The van der Waals surface area contributed by atoms with E-state index in [0.29, 0.717) is 28.7 Å². The molecule has 3 aromatic rings. The van der Waals surface area contributed by atoms with Gasteiger partial charge >= 0.3 is 0 Å². The summed E-state index contributed by atoms with van der Waals surface area (Å²) in [5.74, 6) is -0.0491. The van der Waals surface area contributed by atoms with E-state index in [1.807, 2.05) is 55.1 Å². The lowest BCUT2D eigenvalue weighted by atomic mass is 9.67. The second-order valence-electron chi connectivity index (χ2n) is 11.6. The summed E-state index contributed by atoms with van der Waals surface area (Å²) in [7, 11) is -3.55. The number of aromatic amines is 1. The summed E-state index contributed by atoms with van der Waals surface area (Å²) < 4.78 is 26.0. The van der Waals surface area contributed by atoms with Gasteiger partial charge in [-0.05, 0) is 69.0 Å². The quantitative estimate of drug-likeness (QED) is 0.354. The highest BCUT2D eigenvalue weighted by Gasteiger charge is 2.52. The van der Waals surface area contributed by atoms with Crippen molar-refractivity contribution >= 4 is 38.9 Å². The third-order valence-corrected chi connectivity index (χ3v) is 10.9. The lowest BCUT2D eigenvalue weighted by molar-refractivity contribution is -0.154. The molecule has 39 heavy (non-hydrogen) atoms. The molecule has 210 valence electrons. The van der Waals surface area contributed by atoms with Gasteiger partial charge in [0, 0.05) is 28.4 Å². The van der Waals surface area contributed by atoms with Gasteiger partial charge in [0.15, 0.2) is 15.7 Å². The Bertz CT molecular complexity index is 1410. The Morgan fingerprint density at radius 1 is 1.10 bits per heavy atom. The molecule has 0 saturated carbocycles. The van der Waals surface area contributed by atoms with Crippen molar-refractivity contribution in [1.29, 1.82) is 0 Å². The number of nitrogens with one attached hydrogen (secondary N) is 1. The molecule has 0 unspecified atom stereocenters. The molecule has 0 radical (unpaired) electrons. The fourth-order valence-electron chi connectivity index (χ4n) is 5.45. The Balaban J connectivity index is 1.92. The second kappa shape index (κ2) is 11.2.